The molecule has 5 heteroatoms. The van der Waals surface area contributed by atoms with Crippen LogP contribution >= 0.6 is 0 Å². The maximum absolute atomic E-state index is 6.63. The Morgan fingerprint density at radius 3 is 1.59 bits per heavy atom. The molecule has 0 bridgehead atoms. The van der Waals surface area contributed by atoms with Crippen LogP contribution in [0.3, 0.4) is 0 Å². The molecule has 1 aromatic rings. The number of rotatable bonds is 6. The Morgan fingerprint density at radius 1 is 0.818 bits per heavy atom. The minimum atomic E-state index is -2.36. The lowest BCUT2D eigenvalue weighted by atomic mass is 9.98. The zero-order chi connectivity index (χ0) is 17.3. The lowest BCUT2D eigenvalue weighted by Crippen LogP contribution is -2.60. The van der Waals surface area contributed by atoms with Crippen molar-refractivity contribution in [1.82, 2.24) is 0 Å². The third-order valence-corrected chi connectivity index (χ3v) is 12.8. The van der Waals surface area contributed by atoms with Gasteiger partial charge in [-0.15, -0.1) is 0 Å². The normalized spacial score (nSPS) is 13.8. The molecule has 0 spiro atoms. The molecule has 126 valence electrons. The minimum absolute atomic E-state index is 0.554. The second-order valence-corrected chi connectivity index (χ2v) is 21.2. The molecule has 0 unspecified atom stereocenters. The fourth-order valence-electron chi connectivity index (χ4n) is 2.91. The van der Waals surface area contributed by atoms with Gasteiger partial charge in [0.05, 0.1) is 0 Å². The van der Waals surface area contributed by atoms with E-state index in [1.165, 1.54) is 16.3 Å². The topological polar surface area (TPSA) is 18.5 Å². The molecule has 1 aromatic carbocycles. The van der Waals surface area contributed by atoms with Crippen LogP contribution in [0, 0.1) is 6.92 Å². The highest BCUT2D eigenvalue weighted by molar-refractivity contribution is 6.94. The average Bonchev–Trinajstić information content (AvgIpc) is 2.22. The molecule has 0 aromatic heterocycles. The van der Waals surface area contributed by atoms with Crippen molar-refractivity contribution in [3.8, 4) is 0 Å². The molecule has 0 atom stereocenters. The van der Waals surface area contributed by atoms with Crippen LogP contribution in [0.25, 0.3) is 0 Å². The van der Waals surface area contributed by atoms with Crippen LogP contribution in [0.15, 0.2) is 18.2 Å². The first kappa shape index (κ1) is 19.8. The van der Waals surface area contributed by atoms with Crippen molar-refractivity contribution in [3.05, 3.63) is 29.3 Å². The molecular weight excluding hydrogens is 320 g/mol. The van der Waals surface area contributed by atoms with Gasteiger partial charge in [0, 0.05) is 0 Å². The van der Waals surface area contributed by atoms with Crippen LogP contribution < -0.4 is 5.19 Å². The molecule has 2 nitrogen and oxygen atoms in total. The second-order valence-electron chi connectivity index (χ2n) is 8.60. The predicted molar refractivity (Wildman–Crippen MR) is 105 cm³/mol. The molecule has 0 heterocycles. The first-order chi connectivity index (χ1) is 9.73. The maximum Gasteiger partial charge on any atom is 0.348 e. The summed E-state index contributed by atoms with van der Waals surface area (Å²) in [6.45, 7) is 22.4. The number of hydrogen-bond donors (Lipinski definition) is 0. The largest absolute Gasteiger partial charge is 0.433 e. The summed E-state index contributed by atoms with van der Waals surface area (Å²) in [7, 11) is -5.70. The van der Waals surface area contributed by atoms with E-state index in [9.17, 15) is 0 Å². The van der Waals surface area contributed by atoms with Crippen molar-refractivity contribution in [3.63, 3.8) is 0 Å². The van der Waals surface area contributed by atoms with Gasteiger partial charge in [-0.1, -0.05) is 32.0 Å². The van der Waals surface area contributed by atoms with Crippen LogP contribution in [0.4, 0.5) is 0 Å². The van der Waals surface area contributed by atoms with E-state index in [2.05, 4.69) is 84.8 Å². The Labute approximate surface area is 140 Å². The molecule has 0 aliphatic heterocycles. The quantitative estimate of drug-likeness (QED) is 0.662. The lowest BCUT2D eigenvalue weighted by Gasteiger charge is -2.39. The molecule has 0 aliphatic carbocycles. The predicted octanol–water partition coefficient (Wildman–Crippen LogP) is 5.10. The molecule has 0 N–H and O–H groups in total. The molecule has 0 amide bonds. The monoisotopic (exact) mass is 354 g/mol. The fraction of sp³-hybridized carbons (Fsp3) is 0.647. The molecule has 0 fully saturated rings. The number of hydrogen-bond acceptors (Lipinski definition) is 2. The minimum Gasteiger partial charge on any atom is -0.433 e. The molecule has 0 saturated heterocycles. The summed E-state index contributed by atoms with van der Waals surface area (Å²) in [5.41, 5.74) is 2.77. The zero-order valence-electron chi connectivity index (χ0n) is 16.1. The Kier molecular flexibility index (Phi) is 6.07. The van der Waals surface area contributed by atoms with E-state index in [0.717, 1.165) is 0 Å². The van der Waals surface area contributed by atoms with Gasteiger partial charge in [0.1, 0.15) is 0 Å². The van der Waals surface area contributed by atoms with Crippen LogP contribution in [0.1, 0.15) is 30.9 Å². The molecule has 1 rings (SSSR count). The van der Waals surface area contributed by atoms with Gasteiger partial charge in [-0.25, -0.2) is 0 Å². The first-order valence-corrected chi connectivity index (χ1v) is 17.4. The second kappa shape index (κ2) is 6.73. The molecule has 0 aliphatic rings. The van der Waals surface area contributed by atoms with Crippen molar-refractivity contribution in [1.29, 1.82) is 0 Å². The van der Waals surface area contributed by atoms with Gasteiger partial charge in [0.2, 0.25) is 0 Å². The van der Waals surface area contributed by atoms with Gasteiger partial charge in [-0.2, -0.15) is 0 Å². The highest BCUT2D eigenvalue weighted by atomic mass is 28.5. The van der Waals surface area contributed by atoms with Gasteiger partial charge >= 0.3 is 8.56 Å². The third kappa shape index (κ3) is 5.77. The SMILES string of the molecule is Cc1cc([Si](C)(O[Si](C)(C)C)O[Si](C)(C)C)ccc1C(C)C. The molecule has 0 radical (unpaired) electrons. The summed E-state index contributed by atoms with van der Waals surface area (Å²) in [6.07, 6.45) is 0. The summed E-state index contributed by atoms with van der Waals surface area (Å²) in [5, 5.41) is 1.28. The van der Waals surface area contributed by atoms with E-state index >= 15 is 0 Å². The van der Waals surface area contributed by atoms with E-state index < -0.39 is 25.2 Å². The zero-order valence-corrected chi connectivity index (χ0v) is 19.1. The maximum atomic E-state index is 6.63. The van der Waals surface area contributed by atoms with Crippen molar-refractivity contribution in [2.45, 2.75) is 72.5 Å². The van der Waals surface area contributed by atoms with Crippen molar-refractivity contribution in [2.75, 3.05) is 0 Å². The Balaban J connectivity index is 3.30. The standard InChI is InChI=1S/C17H34O2Si3/c1-14(2)17-12-11-16(13-15(17)3)22(10,18-20(4,5)6)19-21(7,8)9/h11-14H,1-10H3. The van der Waals surface area contributed by atoms with Crippen molar-refractivity contribution in [2.24, 2.45) is 0 Å². The Morgan fingerprint density at radius 2 is 1.27 bits per heavy atom. The van der Waals surface area contributed by atoms with Gasteiger partial charge in [0.25, 0.3) is 0 Å². The highest BCUT2D eigenvalue weighted by Gasteiger charge is 2.42. The molecular formula is C17H34O2Si3. The fourth-order valence-corrected chi connectivity index (χ4v) is 14.6. The summed E-state index contributed by atoms with van der Waals surface area (Å²) >= 11 is 0. The summed E-state index contributed by atoms with van der Waals surface area (Å²) < 4.78 is 13.3. The summed E-state index contributed by atoms with van der Waals surface area (Å²) in [4.78, 5) is 0. The average molecular weight is 355 g/mol. The highest BCUT2D eigenvalue weighted by Crippen LogP contribution is 2.23. The molecule has 22 heavy (non-hydrogen) atoms. The van der Waals surface area contributed by atoms with Crippen LogP contribution in [-0.2, 0) is 8.23 Å². The van der Waals surface area contributed by atoms with Crippen LogP contribution in [-0.4, -0.2) is 25.2 Å². The summed E-state index contributed by atoms with van der Waals surface area (Å²) in [6, 6.07) is 6.82. The van der Waals surface area contributed by atoms with E-state index in [-0.39, 0.29) is 0 Å². The van der Waals surface area contributed by atoms with E-state index in [1.54, 1.807) is 0 Å². The van der Waals surface area contributed by atoms with Crippen LogP contribution in [0.2, 0.25) is 45.8 Å². The number of aryl methyl sites for hydroxylation is 1. The smallest absolute Gasteiger partial charge is 0.348 e. The van der Waals surface area contributed by atoms with Gasteiger partial charge in [-0.05, 0) is 75.0 Å². The van der Waals surface area contributed by atoms with Crippen molar-refractivity contribution < 1.29 is 8.23 Å². The third-order valence-electron chi connectivity index (χ3n) is 3.42. The van der Waals surface area contributed by atoms with E-state index in [0.29, 0.717) is 5.92 Å². The van der Waals surface area contributed by atoms with Crippen molar-refractivity contribution >= 4 is 30.4 Å². The summed E-state index contributed by atoms with van der Waals surface area (Å²) in [5.74, 6) is 0.554. The number of benzene rings is 1. The van der Waals surface area contributed by atoms with E-state index in [4.69, 9.17) is 8.23 Å². The van der Waals surface area contributed by atoms with Crippen LogP contribution in [0.5, 0.6) is 0 Å². The van der Waals surface area contributed by atoms with Gasteiger partial charge in [-0.3, -0.25) is 0 Å². The molecule has 0 saturated carbocycles. The Bertz CT molecular complexity index is 498. The lowest BCUT2D eigenvalue weighted by molar-refractivity contribution is 0.404. The van der Waals surface area contributed by atoms with Gasteiger partial charge in [0.15, 0.2) is 16.6 Å². The van der Waals surface area contributed by atoms with E-state index in [1.807, 2.05) is 0 Å². The van der Waals surface area contributed by atoms with Gasteiger partial charge < -0.3 is 8.23 Å². The Hall–Kier alpha value is -0.209. The first-order valence-electron chi connectivity index (χ1n) is 8.25.